The molecule has 0 radical (unpaired) electrons. The van der Waals surface area contributed by atoms with Crippen molar-refractivity contribution >= 4 is 0 Å². The van der Waals surface area contributed by atoms with Gasteiger partial charge in [0.2, 0.25) is 0 Å². The molecule has 2 aromatic rings. The molecule has 7 nitrogen and oxygen atoms in total. The molecule has 0 aliphatic carbocycles. The number of benzene rings is 1. The Kier molecular flexibility index (Phi) is 4.67. The molecule has 7 heteroatoms. The van der Waals surface area contributed by atoms with E-state index in [2.05, 4.69) is 10.3 Å². The van der Waals surface area contributed by atoms with Gasteiger partial charge >= 0.3 is 0 Å². The summed E-state index contributed by atoms with van der Waals surface area (Å²) in [5.41, 5.74) is 1.42. The lowest BCUT2D eigenvalue weighted by Gasteiger charge is -2.13. The Morgan fingerprint density at radius 2 is 1.90 bits per heavy atom. The van der Waals surface area contributed by atoms with Crippen LogP contribution in [0, 0.1) is 0 Å². The molecule has 1 aromatic carbocycles. The summed E-state index contributed by atoms with van der Waals surface area (Å²) in [7, 11) is 1.57. The number of aromatic nitrogens is 3. The molecule has 3 N–H and O–H groups in total. The number of hydrogen-bond acceptors (Lipinski definition) is 6. The van der Waals surface area contributed by atoms with Gasteiger partial charge in [0.25, 0.3) is 0 Å². The summed E-state index contributed by atoms with van der Waals surface area (Å²) in [5.74, 6) is 0.709. The number of aliphatic hydroxyl groups is 3. The quantitative estimate of drug-likeness (QED) is 0.688. The third-order valence-corrected chi connectivity index (χ3v) is 3.06. The SMILES string of the molecule is COc1ccc(C(O)Cn2nnc(CO)c2CO)cc1. The van der Waals surface area contributed by atoms with Crippen molar-refractivity contribution in [1.82, 2.24) is 15.0 Å². The topological polar surface area (TPSA) is 101 Å². The molecule has 0 bridgehead atoms. The van der Waals surface area contributed by atoms with Crippen LogP contribution in [0.4, 0.5) is 0 Å². The molecule has 1 unspecified atom stereocenters. The molecule has 0 aliphatic rings. The van der Waals surface area contributed by atoms with Crippen molar-refractivity contribution < 1.29 is 20.1 Å². The molecule has 1 heterocycles. The summed E-state index contributed by atoms with van der Waals surface area (Å²) in [4.78, 5) is 0. The second-order valence-corrected chi connectivity index (χ2v) is 4.27. The van der Waals surface area contributed by atoms with Gasteiger partial charge in [-0.1, -0.05) is 17.3 Å². The average molecular weight is 279 g/mol. The molecule has 20 heavy (non-hydrogen) atoms. The van der Waals surface area contributed by atoms with Crippen LogP contribution in [0.3, 0.4) is 0 Å². The second-order valence-electron chi connectivity index (χ2n) is 4.27. The standard InChI is InChI=1S/C13H17N3O4/c1-20-10-4-2-9(3-5-10)13(19)6-16-12(8-18)11(7-17)14-15-16/h2-5,13,17-19H,6-8H2,1H3. The van der Waals surface area contributed by atoms with Crippen LogP contribution in [-0.4, -0.2) is 37.4 Å². The Balaban J connectivity index is 2.14. The maximum Gasteiger partial charge on any atom is 0.118 e. The predicted octanol–water partition coefficient (Wildman–Crippen LogP) is 0.00490. The zero-order valence-corrected chi connectivity index (χ0v) is 11.1. The first-order valence-corrected chi connectivity index (χ1v) is 6.14. The van der Waals surface area contributed by atoms with Gasteiger partial charge in [-0.25, -0.2) is 4.68 Å². The monoisotopic (exact) mass is 279 g/mol. The molecule has 0 fully saturated rings. The van der Waals surface area contributed by atoms with Crippen molar-refractivity contribution in [2.75, 3.05) is 7.11 Å². The Labute approximate surface area is 116 Å². The number of ether oxygens (including phenoxy) is 1. The highest BCUT2D eigenvalue weighted by molar-refractivity contribution is 5.28. The summed E-state index contributed by atoms with van der Waals surface area (Å²) in [6, 6.07) is 7.02. The van der Waals surface area contributed by atoms with E-state index in [9.17, 15) is 10.2 Å². The van der Waals surface area contributed by atoms with Gasteiger partial charge in [0.15, 0.2) is 0 Å². The first-order chi connectivity index (χ1) is 9.69. The van der Waals surface area contributed by atoms with Gasteiger partial charge in [-0.15, -0.1) is 5.10 Å². The van der Waals surface area contributed by atoms with E-state index in [1.54, 1.807) is 31.4 Å². The van der Waals surface area contributed by atoms with E-state index in [4.69, 9.17) is 9.84 Å². The van der Waals surface area contributed by atoms with Gasteiger partial charge in [0.1, 0.15) is 11.4 Å². The fraction of sp³-hybridized carbons (Fsp3) is 0.385. The van der Waals surface area contributed by atoms with Crippen molar-refractivity contribution in [1.29, 1.82) is 0 Å². The summed E-state index contributed by atoms with van der Waals surface area (Å²) in [6.07, 6.45) is -0.792. The van der Waals surface area contributed by atoms with Gasteiger partial charge in [0.05, 0.1) is 38.7 Å². The van der Waals surface area contributed by atoms with Crippen molar-refractivity contribution in [3.05, 3.63) is 41.2 Å². The van der Waals surface area contributed by atoms with Crippen molar-refractivity contribution in [3.8, 4) is 5.75 Å². The van der Waals surface area contributed by atoms with Crippen LogP contribution in [0.5, 0.6) is 5.75 Å². The number of nitrogens with zero attached hydrogens (tertiary/aromatic N) is 3. The maximum absolute atomic E-state index is 10.2. The molecule has 0 saturated heterocycles. The highest BCUT2D eigenvalue weighted by Gasteiger charge is 2.15. The third kappa shape index (κ3) is 2.96. The van der Waals surface area contributed by atoms with Gasteiger partial charge in [-0.05, 0) is 17.7 Å². The minimum absolute atomic E-state index is 0.148. The van der Waals surface area contributed by atoms with Crippen molar-refractivity contribution in [2.24, 2.45) is 0 Å². The zero-order valence-electron chi connectivity index (χ0n) is 11.1. The molecule has 1 aromatic heterocycles. The normalized spacial score (nSPS) is 12.4. The van der Waals surface area contributed by atoms with Crippen molar-refractivity contribution in [2.45, 2.75) is 25.9 Å². The van der Waals surface area contributed by atoms with E-state index in [0.29, 0.717) is 22.7 Å². The molecule has 0 spiro atoms. The van der Waals surface area contributed by atoms with E-state index < -0.39 is 6.10 Å². The van der Waals surface area contributed by atoms with Crippen LogP contribution in [-0.2, 0) is 19.8 Å². The minimum Gasteiger partial charge on any atom is -0.497 e. The molecule has 1 atom stereocenters. The van der Waals surface area contributed by atoms with Gasteiger partial charge < -0.3 is 20.1 Å². The fourth-order valence-electron chi connectivity index (χ4n) is 1.91. The summed E-state index contributed by atoms with van der Waals surface area (Å²) < 4.78 is 6.44. The van der Waals surface area contributed by atoms with E-state index in [1.807, 2.05) is 0 Å². The largest absolute Gasteiger partial charge is 0.497 e. The predicted molar refractivity (Wildman–Crippen MR) is 69.8 cm³/mol. The molecule has 0 aliphatic heterocycles. The third-order valence-electron chi connectivity index (χ3n) is 3.06. The fourth-order valence-corrected chi connectivity index (χ4v) is 1.91. The van der Waals surface area contributed by atoms with Crippen LogP contribution in [0.2, 0.25) is 0 Å². The molecule has 0 amide bonds. The summed E-state index contributed by atoms with van der Waals surface area (Å²) in [5, 5.41) is 36.1. The van der Waals surface area contributed by atoms with Gasteiger partial charge in [0, 0.05) is 0 Å². The number of methoxy groups -OCH3 is 1. The number of rotatable bonds is 6. The Bertz CT molecular complexity index is 553. The lowest BCUT2D eigenvalue weighted by atomic mass is 10.1. The van der Waals surface area contributed by atoms with Crippen LogP contribution in [0.25, 0.3) is 0 Å². The highest BCUT2D eigenvalue weighted by atomic mass is 16.5. The smallest absolute Gasteiger partial charge is 0.118 e. The molecular formula is C13H17N3O4. The lowest BCUT2D eigenvalue weighted by molar-refractivity contribution is 0.145. The first-order valence-electron chi connectivity index (χ1n) is 6.14. The number of aliphatic hydroxyl groups excluding tert-OH is 3. The lowest BCUT2D eigenvalue weighted by Crippen LogP contribution is -2.13. The molecule has 0 saturated carbocycles. The first kappa shape index (κ1) is 14.4. The summed E-state index contributed by atoms with van der Waals surface area (Å²) >= 11 is 0. The average Bonchev–Trinajstić information content (AvgIpc) is 2.89. The Hall–Kier alpha value is -1.96. The van der Waals surface area contributed by atoms with E-state index in [0.717, 1.165) is 0 Å². The number of hydrogen-bond donors (Lipinski definition) is 3. The molecule has 2 rings (SSSR count). The second kappa shape index (κ2) is 6.47. The minimum atomic E-state index is -0.792. The molecule has 108 valence electrons. The maximum atomic E-state index is 10.2. The molecular weight excluding hydrogens is 262 g/mol. The van der Waals surface area contributed by atoms with E-state index >= 15 is 0 Å². The Morgan fingerprint density at radius 1 is 1.20 bits per heavy atom. The summed E-state index contributed by atoms with van der Waals surface area (Å²) in [6.45, 7) is -0.442. The van der Waals surface area contributed by atoms with Crippen LogP contribution >= 0.6 is 0 Å². The Morgan fingerprint density at radius 3 is 2.45 bits per heavy atom. The zero-order chi connectivity index (χ0) is 14.5. The highest BCUT2D eigenvalue weighted by Crippen LogP contribution is 2.19. The van der Waals surface area contributed by atoms with Crippen LogP contribution in [0.1, 0.15) is 23.1 Å². The van der Waals surface area contributed by atoms with Gasteiger partial charge in [-0.2, -0.15) is 0 Å². The van der Waals surface area contributed by atoms with Crippen LogP contribution in [0.15, 0.2) is 24.3 Å². The van der Waals surface area contributed by atoms with Gasteiger partial charge in [-0.3, -0.25) is 0 Å². The van der Waals surface area contributed by atoms with Crippen LogP contribution < -0.4 is 4.74 Å². The van der Waals surface area contributed by atoms with Crippen molar-refractivity contribution in [3.63, 3.8) is 0 Å². The van der Waals surface area contributed by atoms with E-state index in [1.165, 1.54) is 4.68 Å². The van der Waals surface area contributed by atoms with E-state index in [-0.39, 0.29) is 19.8 Å².